The monoisotopic (exact) mass is 520 g/mol. The minimum atomic E-state index is -4.21. The molecule has 12 heteroatoms. The van der Waals surface area contributed by atoms with Gasteiger partial charge < -0.3 is 9.47 Å². The lowest BCUT2D eigenvalue weighted by atomic mass is 9.88. The Bertz CT molecular complexity index is 1400. The van der Waals surface area contributed by atoms with Crippen molar-refractivity contribution in [1.29, 1.82) is 0 Å². The Kier molecular flexibility index (Phi) is 6.74. The number of carbonyl (C=O) groups excluding carboxylic acids is 1. The van der Waals surface area contributed by atoms with Crippen LogP contribution in [0.4, 0.5) is 8.78 Å². The number of rotatable bonds is 3. The van der Waals surface area contributed by atoms with Gasteiger partial charge in [0.1, 0.15) is 17.3 Å². The summed E-state index contributed by atoms with van der Waals surface area (Å²) >= 11 is 0. The lowest BCUT2D eigenvalue weighted by molar-refractivity contribution is -0.118. The number of sulfonamides is 1. The number of aromatic nitrogens is 3. The number of fused-ring (bicyclic) bond motifs is 6. The SMILES string of the molecule is CC(C)c1cc(OC(F)F)cc2c1CC(=O)NS(=O)(=O)c1cnn(c1)C(C)(C)COc1cc-2ccn1. The molecule has 1 aliphatic rings. The van der Waals surface area contributed by atoms with Gasteiger partial charge in [-0.05, 0) is 60.2 Å². The highest BCUT2D eigenvalue weighted by molar-refractivity contribution is 7.90. The van der Waals surface area contributed by atoms with E-state index in [1.807, 2.05) is 13.8 Å². The van der Waals surface area contributed by atoms with Crippen molar-refractivity contribution in [2.75, 3.05) is 6.61 Å². The fraction of sp³-hybridized carbons (Fsp3) is 0.375. The molecule has 1 aliphatic heterocycles. The number of halogens is 2. The van der Waals surface area contributed by atoms with Crippen LogP contribution in [0, 0.1) is 0 Å². The summed E-state index contributed by atoms with van der Waals surface area (Å²) in [5.41, 5.74) is 1.24. The predicted molar refractivity (Wildman–Crippen MR) is 126 cm³/mol. The summed E-state index contributed by atoms with van der Waals surface area (Å²) in [6, 6.07) is 6.13. The normalized spacial score (nSPS) is 16.9. The van der Waals surface area contributed by atoms with Gasteiger partial charge in [-0.25, -0.2) is 18.1 Å². The largest absolute Gasteiger partial charge is 0.475 e. The molecule has 1 amide bonds. The lowest BCUT2D eigenvalue weighted by Crippen LogP contribution is -2.34. The second-order valence-corrected chi connectivity index (χ2v) is 11.1. The summed E-state index contributed by atoms with van der Waals surface area (Å²) < 4.78 is 66.1. The number of pyridine rings is 1. The Balaban J connectivity index is 1.92. The molecule has 0 atom stereocenters. The summed E-state index contributed by atoms with van der Waals surface area (Å²) in [4.78, 5) is 17.1. The number of amides is 1. The fourth-order valence-electron chi connectivity index (χ4n) is 3.96. The molecule has 0 unspecified atom stereocenters. The first-order chi connectivity index (χ1) is 16.9. The molecule has 0 spiro atoms. The zero-order valence-electron chi connectivity index (χ0n) is 20.2. The maximum absolute atomic E-state index is 13.1. The van der Waals surface area contributed by atoms with Crippen LogP contribution >= 0.6 is 0 Å². The van der Waals surface area contributed by atoms with Gasteiger partial charge in [-0.1, -0.05) is 13.8 Å². The molecule has 0 radical (unpaired) electrons. The van der Waals surface area contributed by atoms with E-state index in [1.54, 1.807) is 26.0 Å². The second-order valence-electron chi connectivity index (χ2n) is 9.38. The molecule has 0 saturated carbocycles. The lowest BCUT2D eigenvalue weighted by Gasteiger charge is -2.25. The van der Waals surface area contributed by atoms with Crippen LogP contribution in [0.25, 0.3) is 11.1 Å². The molecule has 9 nitrogen and oxygen atoms in total. The number of hydrogen-bond acceptors (Lipinski definition) is 7. The van der Waals surface area contributed by atoms with Crippen LogP contribution in [0.5, 0.6) is 11.6 Å². The number of carbonyl (C=O) groups is 1. The van der Waals surface area contributed by atoms with Crippen molar-refractivity contribution in [3.05, 3.63) is 54.0 Å². The van der Waals surface area contributed by atoms with Gasteiger partial charge in [-0.15, -0.1) is 0 Å². The van der Waals surface area contributed by atoms with Crippen LogP contribution in [-0.2, 0) is 26.8 Å². The molecule has 0 saturated heterocycles. The topological polar surface area (TPSA) is 112 Å². The molecule has 3 heterocycles. The van der Waals surface area contributed by atoms with Gasteiger partial charge in [0.05, 0.1) is 18.2 Å². The van der Waals surface area contributed by atoms with Crippen LogP contribution in [0.2, 0.25) is 0 Å². The number of nitrogens with one attached hydrogen (secondary N) is 1. The fourth-order valence-corrected chi connectivity index (χ4v) is 4.88. The maximum atomic E-state index is 13.1. The van der Waals surface area contributed by atoms with Gasteiger partial charge in [0.25, 0.3) is 10.0 Å². The van der Waals surface area contributed by atoms with Crippen molar-refractivity contribution in [3.8, 4) is 22.8 Å². The first-order valence-electron chi connectivity index (χ1n) is 11.2. The van der Waals surface area contributed by atoms with Crippen LogP contribution < -0.4 is 14.2 Å². The Labute approximate surface area is 207 Å². The molecule has 1 N–H and O–H groups in total. The highest BCUT2D eigenvalue weighted by Crippen LogP contribution is 2.36. The van der Waals surface area contributed by atoms with Gasteiger partial charge in [-0.2, -0.15) is 13.9 Å². The first-order valence-corrected chi connectivity index (χ1v) is 12.7. The van der Waals surface area contributed by atoms with Gasteiger partial charge >= 0.3 is 6.61 Å². The van der Waals surface area contributed by atoms with E-state index in [-0.39, 0.29) is 35.5 Å². The average Bonchev–Trinajstić information content (AvgIpc) is 3.30. The zero-order chi connectivity index (χ0) is 26.3. The van der Waals surface area contributed by atoms with Gasteiger partial charge in [0, 0.05) is 18.5 Å². The highest BCUT2D eigenvalue weighted by Gasteiger charge is 2.28. The molecule has 2 aromatic heterocycles. The molecule has 0 aliphatic carbocycles. The number of benzene rings is 1. The van der Waals surface area contributed by atoms with Crippen molar-refractivity contribution in [1.82, 2.24) is 19.5 Å². The van der Waals surface area contributed by atoms with Gasteiger partial charge in [-0.3, -0.25) is 9.48 Å². The first kappa shape index (κ1) is 25.5. The molecule has 36 heavy (non-hydrogen) atoms. The predicted octanol–water partition coefficient (Wildman–Crippen LogP) is 3.85. The average molecular weight is 521 g/mol. The van der Waals surface area contributed by atoms with Crippen LogP contribution in [0.15, 0.2) is 47.8 Å². The summed E-state index contributed by atoms with van der Waals surface area (Å²) in [6.45, 7) is 4.32. The standard InChI is InChI=1S/C24H26F2N4O5S/c1-14(2)18-8-16(35-23(25)26)9-19-15-5-6-27-22(7-15)34-13-24(3,4)30-12-17(11-28-30)36(32,33)29-21(31)10-20(18)19/h5-9,11-12,14,23H,10,13H2,1-4H3,(H,29,31). The highest BCUT2D eigenvalue weighted by atomic mass is 32.2. The Morgan fingerprint density at radius 3 is 2.67 bits per heavy atom. The zero-order valence-corrected chi connectivity index (χ0v) is 21.0. The molecule has 0 fully saturated rings. The summed E-state index contributed by atoms with van der Waals surface area (Å²) in [6.07, 6.45) is 3.66. The van der Waals surface area contributed by atoms with Crippen molar-refractivity contribution in [2.24, 2.45) is 0 Å². The minimum Gasteiger partial charge on any atom is -0.475 e. The molecule has 3 aromatic rings. The summed E-state index contributed by atoms with van der Waals surface area (Å²) in [5, 5.41) is 4.15. The van der Waals surface area contributed by atoms with E-state index in [0.29, 0.717) is 22.3 Å². The third-order valence-corrected chi connectivity index (χ3v) is 7.13. The molecule has 4 rings (SSSR count). The van der Waals surface area contributed by atoms with E-state index in [9.17, 15) is 22.0 Å². The molecule has 192 valence electrons. The second kappa shape index (κ2) is 9.49. The van der Waals surface area contributed by atoms with Crippen molar-refractivity contribution in [2.45, 2.75) is 57.1 Å². The van der Waals surface area contributed by atoms with Crippen molar-refractivity contribution in [3.63, 3.8) is 0 Å². The molecular formula is C24H26F2N4O5S. The van der Waals surface area contributed by atoms with E-state index >= 15 is 0 Å². The minimum absolute atomic E-state index is 0.0784. The van der Waals surface area contributed by atoms with Crippen LogP contribution in [-0.4, -0.2) is 42.3 Å². The number of nitrogens with zero attached hydrogens (tertiary/aromatic N) is 3. The van der Waals surface area contributed by atoms with E-state index in [4.69, 9.17) is 4.74 Å². The Morgan fingerprint density at radius 1 is 1.22 bits per heavy atom. The quantitative estimate of drug-likeness (QED) is 0.558. The van der Waals surface area contributed by atoms with Crippen molar-refractivity contribution < 1.29 is 31.5 Å². The van der Waals surface area contributed by atoms with Crippen molar-refractivity contribution >= 4 is 15.9 Å². The van der Waals surface area contributed by atoms with Crippen LogP contribution in [0.1, 0.15) is 44.7 Å². The third kappa shape index (κ3) is 5.32. The van der Waals surface area contributed by atoms with Gasteiger partial charge in [0.2, 0.25) is 11.8 Å². The number of hydrogen-bond donors (Lipinski definition) is 1. The van der Waals surface area contributed by atoms with Crippen LogP contribution in [0.3, 0.4) is 0 Å². The number of alkyl halides is 2. The Hall–Kier alpha value is -3.54. The van der Waals surface area contributed by atoms with E-state index in [2.05, 4.69) is 19.5 Å². The van der Waals surface area contributed by atoms with E-state index in [0.717, 1.165) is 6.20 Å². The van der Waals surface area contributed by atoms with E-state index < -0.39 is 28.1 Å². The van der Waals surface area contributed by atoms with E-state index in [1.165, 1.54) is 29.2 Å². The summed E-state index contributed by atoms with van der Waals surface area (Å²) in [5.74, 6) is -0.793. The number of ether oxygens (including phenoxy) is 2. The molecule has 1 aromatic carbocycles. The molecular weight excluding hydrogens is 494 g/mol. The maximum Gasteiger partial charge on any atom is 0.387 e. The van der Waals surface area contributed by atoms with Gasteiger partial charge in [0.15, 0.2) is 0 Å². The summed E-state index contributed by atoms with van der Waals surface area (Å²) in [7, 11) is -4.21. The third-order valence-electron chi connectivity index (χ3n) is 5.80. The molecule has 4 bridgehead atoms. The Morgan fingerprint density at radius 2 is 1.97 bits per heavy atom. The smallest absolute Gasteiger partial charge is 0.387 e.